The summed E-state index contributed by atoms with van der Waals surface area (Å²) in [5, 5.41) is 26.6. The van der Waals surface area contributed by atoms with E-state index in [0.29, 0.717) is 11.7 Å². The van der Waals surface area contributed by atoms with Crippen LogP contribution in [0.4, 0.5) is 11.4 Å². The van der Waals surface area contributed by atoms with Crippen molar-refractivity contribution in [3.8, 4) is 0 Å². The number of nitro benzene ring substituents is 2. The van der Waals surface area contributed by atoms with Crippen LogP contribution in [0.5, 0.6) is 0 Å². The van der Waals surface area contributed by atoms with Crippen molar-refractivity contribution in [2.45, 2.75) is 26.9 Å². The largest absolute Gasteiger partial charge is 0.276 e. The molecule has 0 aromatic heterocycles. The summed E-state index contributed by atoms with van der Waals surface area (Å²) in [5.74, 6) is 0. The molecule has 4 aromatic carbocycles. The molecule has 176 valence electrons. The predicted octanol–water partition coefficient (Wildman–Crippen LogP) is 5.92. The monoisotopic (exact) mass is 485 g/mol. The van der Waals surface area contributed by atoms with Crippen LogP contribution >= 0.6 is 7.26 Å². The Balaban J connectivity index is 2.08. The molecule has 0 saturated heterocycles. The Hall–Kier alpha value is -3.89. The average molecular weight is 486 g/mol. The molecule has 0 unspecified atom stereocenters. The van der Waals surface area contributed by atoms with Gasteiger partial charge in [0.2, 0.25) is 0 Å². The van der Waals surface area contributed by atoms with Crippen molar-refractivity contribution in [2.24, 2.45) is 0 Å². The van der Waals surface area contributed by atoms with E-state index in [2.05, 4.69) is 36.4 Å². The first kappa shape index (κ1) is 24.2. The molecule has 0 N–H and O–H groups in total. The number of hydrogen-bond donors (Lipinski definition) is 0. The molecule has 0 aliphatic heterocycles. The number of hydrogen-bond acceptors (Lipinski definition) is 4. The van der Waals surface area contributed by atoms with Crippen molar-refractivity contribution < 1.29 is 9.85 Å². The lowest BCUT2D eigenvalue weighted by molar-refractivity contribution is -0.394. The zero-order valence-electron chi connectivity index (χ0n) is 19.8. The summed E-state index contributed by atoms with van der Waals surface area (Å²) >= 11 is 0. The third-order valence-corrected chi connectivity index (χ3v) is 10.4. The SMILES string of the molecule is Cc1cccc([P+](Cc2cc([N+](=O)[O-])cc([N+](=O)[O-])c2)(c2cccc(C)c2)c2cccc(C)c2)c1. The van der Waals surface area contributed by atoms with Crippen LogP contribution < -0.4 is 15.9 Å². The van der Waals surface area contributed by atoms with Crippen LogP contribution in [-0.4, -0.2) is 9.85 Å². The van der Waals surface area contributed by atoms with E-state index in [4.69, 9.17) is 0 Å². The Labute approximate surface area is 204 Å². The van der Waals surface area contributed by atoms with Gasteiger partial charge >= 0.3 is 0 Å². The summed E-state index contributed by atoms with van der Waals surface area (Å²) in [5.41, 5.74) is 3.35. The van der Waals surface area contributed by atoms with Gasteiger partial charge in [-0.2, -0.15) is 0 Å². The van der Waals surface area contributed by atoms with Crippen molar-refractivity contribution in [3.63, 3.8) is 0 Å². The van der Waals surface area contributed by atoms with E-state index in [9.17, 15) is 20.2 Å². The fourth-order valence-corrected chi connectivity index (χ4v) is 9.02. The molecule has 7 heteroatoms. The minimum atomic E-state index is -2.40. The number of nitrogens with zero attached hydrogens (tertiary/aromatic N) is 2. The second-order valence-electron chi connectivity index (χ2n) is 8.86. The topological polar surface area (TPSA) is 86.3 Å². The third kappa shape index (κ3) is 4.98. The lowest BCUT2D eigenvalue weighted by atomic mass is 10.2. The molecule has 0 heterocycles. The van der Waals surface area contributed by atoms with Crippen LogP contribution in [0.1, 0.15) is 22.3 Å². The summed E-state index contributed by atoms with van der Waals surface area (Å²) in [7, 11) is -2.40. The van der Waals surface area contributed by atoms with Crippen molar-refractivity contribution in [2.75, 3.05) is 0 Å². The molecule has 4 aromatic rings. The summed E-state index contributed by atoms with van der Waals surface area (Å²) in [6.07, 6.45) is 0.423. The van der Waals surface area contributed by atoms with Gasteiger partial charge in [0, 0.05) is 17.7 Å². The van der Waals surface area contributed by atoms with Gasteiger partial charge in [0.1, 0.15) is 23.2 Å². The van der Waals surface area contributed by atoms with E-state index >= 15 is 0 Å². The fraction of sp³-hybridized carbons (Fsp3) is 0.143. The molecule has 0 spiro atoms. The van der Waals surface area contributed by atoms with Gasteiger partial charge in [-0.15, -0.1) is 0 Å². The Kier molecular flexibility index (Phi) is 6.77. The van der Waals surface area contributed by atoms with Crippen LogP contribution in [0.25, 0.3) is 0 Å². The molecule has 0 bridgehead atoms. The quantitative estimate of drug-likeness (QED) is 0.185. The van der Waals surface area contributed by atoms with Crippen LogP contribution in [0.2, 0.25) is 0 Å². The zero-order valence-corrected chi connectivity index (χ0v) is 20.7. The molecule has 0 aliphatic rings. The predicted molar refractivity (Wildman–Crippen MR) is 143 cm³/mol. The lowest BCUT2D eigenvalue weighted by Gasteiger charge is -2.28. The molecule has 0 fully saturated rings. The summed E-state index contributed by atoms with van der Waals surface area (Å²) in [4.78, 5) is 22.1. The average Bonchev–Trinajstić information content (AvgIpc) is 2.82. The maximum absolute atomic E-state index is 11.6. The van der Waals surface area contributed by atoms with Crippen molar-refractivity contribution in [1.29, 1.82) is 0 Å². The van der Waals surface area contributed by atoms with Crippen LogP contribution in [-0.2, 0) is 6.16 Å². The van der Waals surface area contributed by atoms with Crippen LogP contribution in [0.3, 0.4) is 0 Å². The Bertz CT molecular complexity index is 1290. The molecule has 0 aliphatic carbocycles. The summed E-state index contributed by atoms with van der Waals surface area (Å²) < 4.78 is 0. The highest BCUT2D eigenvalue weighted by Crippen LogP contribution is 2.58. The first-order chi connectivity index (χ1) is 16.7. The minimum Gasteiger partial charge on any atom is -0.258 e. The van der Waals surface area contributed by atoms with E-state index in [-0.39, 0.29) is 11.4 Å². The van der Waals surface area contributed by atoms with Gasteiger partial charge in [-0.1, -0.05) is 36.4 Å². The Morgan fingerprint density at radius 2 is 0.971 bits per heavy atom. The number of non-ortho nitro benzene ring substituents is 2. The number of nitro groups is 2. The number of rotatable bonds is 7. The Morgan fingerprint density at radius 3 is 1.29 bits per heavy atom. The summed E-state index contributed by atoms with van der Waals surface area (Å²) in [6.45, 7) is 6.13. The van der Waals surface area contributed by atoms with E-state index in [1.807, 2.05) is 57.2 Å². The van der Waals surface area contributed by atoms with E-state index in [1.54, 1.807) is 0 Å². The summed E-state index contributed by atoms with van der Waals surface area (Å²) in [6, 6.07) is 29.0. The maximum Gasteiger partial charge on any atom is 0.276 e. The van der Waals surface area contributed by atoms with Crippen LogP contribution in [0, 0.1) is 41.0 Å². The first-order valence-corrected chi connectivity index (χ1v) is 13.2. The number of aryl methyl sites for hydroxylation is 3. The molecule has 0 amide bonds. The van der Waals surface area contributed by atoms with Crippen molar-refractivity contribution in [3.05, 3.63) is 133 Å². The van der Waals surface area contributed by atoms with Crippen molar-refractivity contribution >= 4 is 34.6 Å². The molecular weight excluding hydrogens is 459 g/mol. The molecule has 0 radical (unpaired) electrons. The van der Waals surface area contributed by atoms with Gasteiger partial charge in [0.15, 0.2) is 0 Å². The smallest absolute Gasteiger partial charge is 0.258 e. The van der Waals surface area contributed by atoms with Gasteiger partial charge in [0.25, 0.3) is 11.4 Å². The van der Waals surface area contributed by atoms with Gasteiger partial charge in [-0.3, -0.25) is 20.2 Å². The van der Waals surface area contributed by atoms with Gasteiger partial charge in [0.05, 0.1) is 22.1 Å². The van der Waals surface area contributed by atoms with E-state index < -0.39 is 17.1 Å². The minimum absolute atomic E-state index is 0.273. The van der Waals surface area contributed by atoms with E-state index in [1.165, 1.54) is 12.1 Å². The fourth-order valence-electron chi connectivity index (χ4n) is 4.55. The second-order valence-corrected chi connectivity index (χ2v) is 12.3. The molecule has 0 atom stereocenters. The maximum atomic E-state index is 11.6. The third-order valence-electron chi connectivity index (χ3n) is 6.13. The highest BCUT2D eigenvalue weighted by atomic mass is 31.2. The first-order valence-electron chi connectivity index (χ1n) is 11.2. The second kappa shape index (κ2) is 9.77. The van der Waals surface area contributed by atoms with Crippen molar-refractivity contribution in [1.82, 2.24) is 0 Å². The normalized spacial score (nSPS) is 11.3. The van der Waals surface area contributed by atoms with E-state index in [0.717, 1.165) is 38.7 Å². The molecule has 0 saturated carbocycles. The zero-order chi connectivity index (χ0) is 25.2. The molecule has 35 heavy (non-hydrogen) atoms. The molecule has 4 rings (SSSR count). The highest BCUT2D eigenvalue weighted by Gasteiger charge is 2.46. The highest BCUT2D eigenvalue weighted by molar-refractivity contribution is 7.95. The molecule has 6 nitrogen and oxygen atoms in total. The van der Waals surface area contributed by atoms with Crippen LogP contribution in [0.15, 0.2) is 91.0 Å². The molecular formula is C28H26N2O4P+. The Morgan fingerprint density at radius 1 is 0.600 bits per heavy atom. The van der Waals surface area contributed by atoms with Gasteiger partial charge in [-0.05, 0) is 73.9 Å². The standard InChI is InChI=1S/C28H26N2O4P/c1-20-7-4-10-26(13-20)35(27-11-5-8-21(2)14-27,28-12-6-9-22(3)15-28)19-23-16-24(29(31)32)18-25(17-23)30(33)34/h4-18H,19H2,1-3H3/q+1. The lowest BCUT2D eigenvalue weighted by Crippen LogP contribution is -2.33. The van der Waals surface area contributed by atoms with Gasteiger partial charge in [-0.25, -0.2) is 0 Å². The van der Waals surface area contributed by atoms with Gasteiger partial charge < -0.3 is 0 Å². The number of benzene rings is 4.